The lowest BCUT2D eigenvalue weighted by atomic mass is 9.94. The number of nitrogens with one attached hydrogen (secondary N) is 1. The van der Waals surface area contributed by atoms with Crippen molar-refractivity contribution in [1.82, 2.24) is 5.32 Å². The summed E-state index contributed by atoms with van der Waals surface area (Å²) in [6.07, 6.45) is 6.05. The van der Waals surface area contributed by atoms with E-state index in [-0.39, 0.29) is 5.54 Å². The largest absolute Gasteiger partial charge is 0.308 e. The Morgan fingerprint density at radius 2 is 1.94 bits per heavy atom. The van der Waals surface area contributed by atoms with Crippen molar-refractivity contribution < 1.29 is 8.42 Å². The number of hydrogen-bond acceptors (Lipinski definition) is 3. The first-order valence-corrected chi connectivity index (χ1v) is 8.21. The van der Waals surface area contributed by atoms with Gasteiger partial charge in [0.2, 0.25) is 0 Å². The van der Waals surface area contributed by atoms with Crippen LogP contribution in [0.1, 0.15) is 46.0 Å². The van der Waals surface area contributed by atoms with Crippen LogP contribution in [0.15, 0.2) is 0 Å². The van der Waals surface area contributed by atoms with Gasteiger partial charge in [-0.3, -0.25) is 0 Å². The van der Waals surface area contributed by atoms with Gasteiger partial charge in [0.1, 0.15) is 0 Å². The summed E-state index contributed by atoms with van der Waals surface area (Å²) in [6.45, 7) is 4.27. The predicted molar refractivity (Wildman–Crippen MR) is 66.2 cm³/mol. The first kappa shape index (κ1) is 12.4. The van der Waals surface area contributed by atoms with Crippen molar-refractivity contribution in [1.29, 1.82) is 0 Å². The van der Waals surface area contributed by atoms with Crippen LogP contribution in [0, 0.1) is 5.92 Å². The lowest BCUT2D eigenvalue weighted by molar-refractivity contribution is 0.286. The van der Waals surface area contributed by atoms with E-state index in [1.54, 1.807) is 0 Å². The van der Waals surface area contributed by atoms with Crippen molar-refractivity contribution in [3.05, 3.63) is 0 Å². The first-order chi connectivity index (χ1) is 7.40. The molecule has 0 aromatic rings. The lowest BCUT2D eigenvalue weighted by Crippen LogP contribution is -2.50. The minimum Gasteiger partial charge on any atom is -0.308 e. The molecule has 1 saturated heterocycles. The fourth-order valence-corrected chi connectivity index (χ4v) is 5.35. The summed E-state index contributed by atoms with van der Waals surface area (Å²) >= 11 is 0. The fourth-order valence-electron chi connectivity index (χ4n) is 3.25. The fraction of sp³-hybridized carbons (Fsp3) is 1.00. The monoisotopic (exact) mass is 245 g/mol. The normalized spacial score (nSPS) is 36.6. The highest BCUT2D eigenvalue weighted by atomic mass is 32.2. The summed E-state index contributed by atoms with van der Waals surface area (Å²) < 4.78 is 23.0. The molecule has 0 aromatic carbocycles. The van der Waals surface area contributed by atoms with Crippen LogP contribution < -0.4 is 5.32 Å². The van der Waals surface area contributed by atoms with Crippen LogP contribution in [-0.4, -0.2) is 31.5 Å². The molecule has 0 spiro atoms. The third kappa shape index (κ3) is 2.77. The summed E-state index contributed by atoms with van der Waals surface area (Å²) in [7, 11) is -2.79. The van der Waals surface area contributed by atoms with Gasteiger partial charge in [-0.05, 0) is 39.0 Å². The van der Waals surface area contributed by atoms with Gasteiger partial charge in [0.15, 0.2) is 9.84 Å². The van der Waals surface area contributed by atoms with E-state index < -0.39 is 9.84 Å². The van der Waals surface area contributed by atoms with Crippen LogP contribution in [0.4, 0.5) is 0 Å². The Morgan fingerprint density at radius 1 is 1.31 bits per heavy atom. The summed E-state index contributed by atoms with van der Waals surface area (Å²) in [5.74, 6) is 1.42. The molecule has 1 saturated carbocycles. The highest BCUT2D eigenvalue weighted by Gasteiger charge is 2.40. The van der Waals surface area contributed by atoms with Crippen LogP contribution in [0.3, 0.4) is 0 Å². The molecule has 0 radical (unpaired) electrons. The third-order valence-electron chi connectivity index (χ3n) is 4.19. The zero-order chi connectivity index (χ0) is 11.8. The minimum absolute atomic E-state index is 0.180. The number of sulfone groups is 1. The topological polar surface area (TPSA) is 46.2 Å². The second-order valence-electron chi connectivity index (χ2n) is 5.88. The molecule has 1 heterocycles. The number of hydrogen-bond donors (Lipinski definition) is 1. The zero-order valence-electron chi connectivity index (χ0n) is 10.3. The van der Waals surface area contributed by atoms with Crippen LogP contribution in [0.2, 0.25) is 0 Å². The van der Waals surface area contributed by atoms with Crippen molar-refractivity contribution in [3.8, 4) is 0 Å². The Morgan fingerprint density at radius 3 is 2.44 bits per heavy atom. The Labute approximate surface area is 98.9 Å². The molecule has 3 nitrogen and oxygen atoms in total. The van der Waals surface area contributed by atoms with Gasteiger partial charge in [0, 0.05) is 11.6 Å². The molecule has 2 atom stereocenters. The summed E-state index contributed by atoms with van der Waals surface area (Å²) in [4.78, 5) is 0. The van der Waals surface area contributed by atoms with Crippen molar-refractivity contribution >= 4 is 9.84 Å². The summed E-state index contributed by atoms with van der Waals surface area (Å²) in [5.41, 5.74) is -0.180. The van der Waals surface area contributed by atoms with Gasteiger partial charge in [-0.1, -0.05) is 12.8 Å². The molecule has 2 unspecified atom stereocenters. The maximum absolute atomic E-state index is 11.5. The maximum atomic E-state index is 11.5. The lowest BCUT2D eigenvalue weighted by Gasteiger charge is -2.31. The molecule has 16 heavy (non-hydrogen) atoms. The van der Waals surface area contributed by atoms with Gasteiger partial charge < -0.3 is 5.32 Å². The van der Waals surface area contributed by atoms with Crippen LogP contribution in [-0.2, 0) is 9.84 Å². The molecule has 94 valence electrons. The summed E-state index contributed by atoms with van der Waals surface area (Å²) in [6, 6.07) is 0.459. The molecule has 0 aromatic heterocycles. The SMILES string of the molecule is CC(NC1(C)CCS(=O)(=O)C1)C1CCCC1. The molecule has 1 aliphatic heterocycles. The maximum Gasteiger partial charge on any atom is 0.152 e. The van der Waals surface area contributed by atoms with Gasteiger partial charge >= 0.3 is 0 Å². The minimum atomic E-state index is -2.79. The van der Waals surface area contributed by atoms with E-state index in [0.717, 1.165) is 12.3 Å². The van der Waals surface area contributed by atoms with Gasteiger partial charge in [-0.2, -0.15) is 0 Å². The average Bonchev–Trinajstić information content (AvgIpc) is 2.73. The third-order valence-corrected chi connectivity index (χ3v) is 6.09. The molecule has 2 fully saturated rings. The standard InChI is InChI=1S/C12H23NO2S/c1-10(11-5-3-4-6-11)13-12(2)7-8-16(14,15)9-12/h10-11,13H,3-9H2,1-2H3. The van der Waals surface area contributed by atoms with Crippen molar-refractivity contribution in [2.24, 2.45) is 5.92 Å². The van der Waals surface area contributed by atoms with E-state index in [1.165, 1.54) is 25.7 Å². The Balaban J connectivity index is 1.93. The van der Waals surface area contributed by atoms with Gasteiger partial charge in [0.05, 0.1) is 11.5 Å². The summed E-state index contributed by atoms with van der Waals surface area (Å²) in [5, 5.41) is 3.57. The molecular weight excluding hydrogens is 222 g/mol. The van der Waals surface area contributed by atoms with E-state index in [9.17, 15) is 8.42 Å². The quantitative estimate of drug-likeness (QED) is 0.823. The molecule has 2 rings (SSSR count). The Kier molecular flexibility index (Phi) is 3.32. The van der Waals surface area contributed by atoms with Gasteiger partial charge in [0.25, 0.3) is 0 Å². The van der Waals surface area contributed by atoms with E-state index in [2.05, 4.69) is 19.2 Å². The van der Waals surface area contributed by atoms with Crippen molar-refractivity contribution in [2.45, 2.75) is 57.5 Å². The van der Waals surface area contributed by atoms with Crippen LogP contribution in [0.25, 0.3) is 0 Å². The average molecular weight is 245 g/mol. The smallest absolute Gasteiger partial charge is 0.152 e. The molecule has 0 amide bonds. The Bertz CT molecular complexity index is 346. The predicted octanol–water partition coefficient (Wildman–Crippen LogP) is 1.73. The molecule has 2 aliphatic rings. The molecule has 0 bridgehead atoms. The second-order valence-corrected chi connectivity index (χ2v) is 8.06. The van der Waals surface area contributed by atoms with Gasteiger partial charge in [-0.25, -0.2) is 8.42 Å². The van der Waals surface area contributed by atoms with E-state index in [4.69, 9.17) is 0 Å². The van der Waals surface area contributed by atoms with Crippen molar-refractivity contribution in [2.75, 3.05) is 11.5 Å². The Hall–Kier alpha value is -0.0900. The van der Waals surface area contributed by atoms with Crippen LogP contribution >= 0.6 is 0 Å². The van der Waals surface area contributed by atoms with Crippen LogP contribution in [0.5, 0.6) is 0 Å². The van der Waals surface area contributed by atoms with Gasteiger partial charge in [-0.15, -0.1) is 0 Å². The molecule has 4 heteroatoms. The van der Waals surface area contributed by atoms with E-state index in [0.29, 0.717) is 17.5 Å². The highest BCUT2D eigenvalue weighted by molar-refractivity contribution is 7.91. The first-order valence-electron chi connectivity index (χ1n) is 6.38. The van der Waals surface area contributed by atoms with Crippen molar-refractivity contribution in [3.63, 3.8) is 0 Å². The number of rotatable bonds is 3. The second kappa shape index (κ2) is 4.30. The van der Waals surface area contributed by atoms with E-state index in [1.807, 2.05) is 0 Å². The van der Waals surface area contributed by atoms with E-state index >= 15 is 0 Å². The molecule has 1 N–H and O–H groups in total. The molecule has 1 aliphatic carbocycles. The molecular formula is C12H23NO2S. The highest BCUT2D eigenvalue weighted by Crippen LogP contribution is 2.30. The zero-order valence-corrected chi connectivity index (χ0v) is 11.1.